The van der Waals surface area contributed by atoms with Crippen molar-refractivity contribution >= 4 is 17.9 Å². The first-order valence-corrected chi connectivity index (χ1v) is 26.7. The number of hydrogen-bond acceptors (Lipinski definition) is 15. The summed E-state index contributed by atoms with van der Waals surface area (Å²) in [5.74, 6) is -1.70. The van der Waals surface area contributed by atoms with Crippen molar-refractivity contribution in [1.29, 1.82) is 0 Å². The maximum atomic E-state index is 14.4. The summed E-state index contributed by atoms with van der Waals surface area (Å²) in [7, 11) is 3.19. The summed E-state index contributed by atoms with van der Waals surface area (Å²) in [5, 5.41) is 65.5. The summed E-state index contributed by atoms with van der Waals surface area (Å²) in [5.41, 5.74) is -3.76. The highest BCUT2D eigenvalue weighted by atomic mass is 16.7. The lowest BCUT2D eigenvalue weighted by Gasteiger charge is -2.72. The molecule has 1 heterocycles. The van der Waals surface area contributed by atoms with Gasteiger partial charge in [-0.3, -0.25) is 4.79 Å². The van der Waals surface area contributed by atoms with Crippen molar-refractivity contribution in [2.75, 3.05) is 27.4 Å². The van der Waals surface area contributed by atoms with Crippen LogP contribution >= 0.6 is 0 Å². The number of carbonyl (C=O) groups is 3. The fourth-order valence-electron chi connectivity index (χ4n) is 15.2. The Bertz CT molecular complexity index is 2160. The molecule has 5 fully saturated rings. The topological polar surface area (TPSA) is 228 Å². The third kappa shape index (κ3) is 10.5. The highest BCUT2D eigenvalue weighted by Gasteiger charge is 2.72. The van der Waals surface area contributed by atoms with Crippen molar-refractivity contribution in [1.82, 2.24) is 0 Å². The molecule has 4 saturated carbocycles. The van der Waals surface area contributed by atoms with Crippen LogP contribution in [0.2, 0.25) is 0 Å². The Morgan fingerprint density at radius 2 is 1.42 bits per heavy atom. The van der Waals surface area contributed by atoms with Crippen LogP contribution < -0.4 is 0 Å². The molecule has 15 heteroatoms. The number of allylic oxidation sites excluding steroid dienone is 4. The summed E-state index contributed by atoms with van der Waals surface area (Å²) in [6, 6.07) is 0. The minimum atomic E-state index is -1.68. The zero-order chi connectivity index (χ0) is 54.5. The average Bonchev–Trinajstić information content (AvgIpc) is 3.32. The van der Waals surface area contributed by atoms with Gasteiger partial charge in [0.15, 0.2) is 12.4 Å². The third-order valence-corrected chi connectivity index (χ3v) is 20.1. The molecule has 0 bridgehead atoms. The second-order valence-electron chi connectivity index (χ2n) is 25.1. The normalized spacial score (nSPS) is 40.6. The van der Waals surface area contributed by atoms with Gasteiger partial charge in [-0.2, -0.15) is 0 Å². The first kappa shape index (κ1) is 59.0. The van der Waals surface area contributed by atoms with Crippen LogP contribution in [-0.2, 0) is 42.8 Å². The van der Waals surface area contributed by atoms with Gasteiger partial charge in [0.1, 0.15) is 23.7 Å². The van der Waals surface area contributed by atoms with Gasteiger partial charge in [0, 0.05) is 18.9 Å². The summed E-state index contributed by atoms with van der Waals surface area (Å²) in [6.07, 6.45) is 6.28. The zero-order valence-corrected chi connectivity index (χ0v) is 45.9. The van der Waals surface area contributed by atoms with Gasteiger partial charge in [0.2, 0.25) is 0 Å². The molecule has 1 aliphatic heterocycles. The summed E-state index contributed by atoms with van der Waals surface area (Å²) < 4.78 is 35.6. The number of methoxy groups -OCH3 is 2. The zero-order valence-electron chi connectivity index (χ0n) is 45.9. The Morgan fingerprint density at radius 3 is 2.00 bits per heavy atom. The summed E-state index contributed by atoms with van der Waals surface area (Å²) in [4.78, 5) is 41.5. The molecule has 6 aliphatic rings. The standard InChI is InChI=1S/C58H90O15/c1-15-53(8,67)25-17-19-36(33-60)48(65)72-46-34(3)70-49(45(63)44(46)62)73-54(9,16-2)26-18-20-35(32-59)47(64)71-43-31-58(50(66)69-14)38(29-51(43,4)5)37-21-22-40-55(10)27-24-42(68-13)52(6,7)39(55)23-28-56(40,11)57(37,12)30-41(58)61/h15-16,19-21,34,38-46,49,59-63,67H,1-2,17-18,22-33H2,3-14H3/b35-20+,36-19+/t34?,38?,39?,40?,41?,42?,43?,44?,45?,46?,49?,53?,54-,55?,56?,57?,58?/m1/s1. The van der Waals surface area contributed by atoms with Crippen LogP contribution in [-0.4, -0.2) is 136 Å². The number of hydrogen-bond donors (Lipinski definition) is 6. The molecule has 0 spiro atoms. The highest BCUT2D eigenvalue weighted by molar-refractivity contribution is 5.89. The second-order valence-corrected chi connectivity index (χ2v) is 25.1. The molecule has 16 unspecified atom stereocenters. The van der Waals surface area contributed by atoms with Crippen molar-refractivity contribution in [3.63, 3.8) is 0 Å². The predicted octanol–water partition coefficient (Wildman–Crippen LogP) is 7.14. The van der Waals surface area contributed by atoms with Gasteiger partial charge in [-0.25, -0.2) is 9.59 Å². The minimum Gasteiger partial charge on any atom is -0.468 e. The second kappa shape index (κ2) is 21.6. The Kier molecular flexibility index (Phi) is 17.5. The molecule has 0 aromatic carbocycles. The lowest BCUT2D eigenvalue weighted by molar-refractivity contribution is -0.314. The molecule has 0 amide bonds. The Hall–Kier alpha value is -3.25. The number of aliphatic hydroxyl groups is 6. The van der Waals surface area contributed by atoms with E-state index in [2.05, 4.69) is 53.9 Å². The fourth-order valence-corrected chi connectivity index (χ4v) is 15.2. The van der Waals surface area contributed by atoms with Gasteiger partial charge in [-0.1, -0.05) is 84.4 Å². The van der Waals surface area contributed by atoms with E-state index in [4.69, 9.17) is 28.4 Å². The van der Waals surface area contributed by atoms with E-state index >= 15 is 0 Å². The highest BCUT2D eigenvalue weighted by Crippen LogP contribution is 2.76. The predicted molar refractivity (Wildman–Crippen MR) is 274 cm³/mol. The molecular weight excluding hydrogens is 937 g/mol. The summed E-state index contributed by atoms with van der Waals surface area (Å²) in [6.45, 7) is 27.1. The molecule has 5 aliphatic carbocycles. The largest absolute Gasteiger partial charge is 0.468 e. The van der Waals surface area contributed by atoms with Crippen molar-refractivity contribution in [2.24, 2.45) is 50.2 Å². The summed E-state index contributed by atoms with van der Waals surface area (Å²) >= 11 is 0. The van der Waals surface area contributed by atoms with Crippen molar-refractivity contribution in [2.45, 2.75) is 207 Å². The molecule has 6 rings (SSSR count). The molecule has 15 nitrogen and oxygen atoms in total. The minimum absolute atomic E-state index is 0.0148. The number of esters is 3. The van der Waals surface area contributed by atoms with Crippen LogP contribution in [0, 0.1) is 50.2 Å². The van der Waals surface area contributed by atoms with E-state index < -0.39 is 101 Å². The fraction of sp³-hybridized carbons (Fsp3) is 0.776. The molecule has 0 aromatic rings. The van der Waals surface area contributed by atoms with E-state index in [-0.39, 0.29) is 71.5 Å². The molecule has 0 aromatic heterocycles. The third-order valence-electron chi connectivity index (χ3n) is 20.1. The SMILES string of the molecule is C=CC(C)(O)CC/C=C(\CO)C(=O)OC1C(C)OC(O[C@](C)(C=C)CC/C=C(\CO)C(=O)OC2CC3(C(=O)OC)C(O)CC4(C)C(=CCC5C6(C)CCC(OC)C(C)(C)C6CCC54C)C3CC2(C)C)C(O)C1O. The van der Waals surface area contributed by atoms with Crippen molar-refractivity contribution < 1.29 is 73.4 Å². The van der Waals surface area contributed by atoms with Crippen LogP contribution in [0.3, 0.4) is 0 Å². The van der Waals surface area contributed by atoms with Gasteiger partial charge < -0.3 is 59.1 Å². The maximum absolute atomic E-state index is 14.4. The van der Waals surface area contributed by atoms with Gasteiger partial charge in [0.25, 0.3) is 0 Å². The number of ether oxygens (including phenoxy) is 6. The van der Waals surface area contributed by atoms with E-state index in [1.165, 1.54) is 37.8 Å². The number of rotatable bonds is 18. The molecule has 6 N–H and O–H groups in total. The molecular formula is C58H90O15. The molecule has 1 saturated heterocycles. The van der Waals surface area contributed by atoms with Gasteiger partial charge in [-0.05, 0) is 131 Å². The first-order valence-electron chi connectivity index (χ1n) is 26.7. The van der Waals surface area contributed by atoms with E-state index in [9.17, 15) is 45.0 Å². The Morgan fingerprint density at radius 1 is 0.808 bits per heavy atom. The van der Waals surface area contributed by atoms with Crippen LogP contribution in [0.5, 0.6) is 0 Å². The van der Waals surface area contributed by atoms with E-state index in [0.29, 0.717) is 24.7 Å². The van der Waals surface area contributed by atoms with Crippen LogP contribution in [0.4, 0.5) is 0 Å². The van der Waals surface area contributed by atoms with E-state index in [0.717, 1.165) is 32.1 Å². The van der Waals surface area contributed by atoms with Gasteiger partial charge in [0.05, 0.1) is 61.0 Å². The molecule has 0 radical (unpaired) electrons. The Balaban J connectivity index is 1.14. The number of aliphatic hydroxyl groups excluding tert-OH is 5. The first-order chi connectivity index (χ1) is 34.0. The van der Waals surface area contributed by atoms with Crippen LogP contribution in [0.1, 0.15) is 146 Å². The average molecular weight is 1030 g/mol. The monoisotopic (exact) mass is 1030 g/mol. The van der Waals surface area contributed by atoms with Crippen molar-refractivity contribution in [3.8, 4) is 0 Å². The lowest BCUT2D eigenvalue weighted by atomic mass is 9.33. The maximum Gasteiger partial charge on any atom is 0.336 e. The smallest absolute Gasteiger partial charge is 0.336 e. The molecule has 73 heavy (non-hydrogen) atoms. The van der Waals surface area contributed by atoms with Crippen molar-refractivity contribution in [3.05, 3.63) is 60.3 Å². The quantitative estimate of drug-likeness (QED) is 0.0347. The van der Waals surface area contributed by atoms with Crippen LogP contribution in [0.15, 0.2) is 60.3 Å². The Labute approximate surface area is 434 Å². The van der Waals surface area contributed by atoms with E-state index in [1.807, 2.05) is 21.0 Å². The lowest BCUT2D eigenvalue weighted by Crippen LogP contribution is -2.68. The van der Waals surface area contributed by atoms with Crippen LogP contribution in [0.25, 0.3) is 0 Å². The van der Waals surface area contributed by atoms with Gasteiger partial charge in [-0.15, -0.1) is 13.2 Å². The number of carbonyl (C=O) groups excluding carboxylic acids is 3. The molecule has 412 valence electrons. The molecule has 17 atom stereocenters. The van der Waals surface area contributed by atoms with Gasteiger partial charge >= 0.3 is 17.9 Å². The number of fused-ring (bicyclic) bond motifs is 7. The van der Waals surface area contributed by atoms with E-state index in [1.54, 1.807) is 19.9 Å².